The molecule has 0 unspecified atom stereocenters. The van der Waals surface area contributed by atoms with Crippen LogP contribution in [0.1, 0.15) is 38.2 Å². The first-order valence-electron chi connectivity index (χ1n) is 9.50. The Labute approximate surface area is 170 Å². The lowest BCUT2D eigenvalue weighted by Crippen LogP contribution is -2.53. The standard InChI is InChI=1S/C20H28N2O5S/c1-3-4-10-17(19(24)26-2)22-14-28-12-11-16(18(22)23)21-20(25)27-13-15-8-6-5-7-9-15/h5-9,16-17H,3-4,10-14H2,1-2H3,(H,21,25)/t16-,17-/m0/s1. The zero-order chi connectivity index (χ0) is 20.4. The number of ether oxygens (including phenoxy) is 2. The van der Waals surface area contributed by atoms with Crippen LogP contribution in [0.15, 0.2) is 30.3 Å². The minimum atomic E-state index is -0.716. The number of esters is 1. The fraction of sp³-hybridized carbons (Fsp3) is 0.550. The van der Waals surface area contributed by atoms with E-state index in [0.29, 0.717) is 24.5 Å². The number of carbonyl (C=O) groups excluding carboxylic acids is 3. The minimum absolute atomic E-state index is 0.132. The first-order valence-corrected chi connectivity index (χ1v) is 10.7. The SMILES string of the molecule is CCCC[C@@H](C(=O)OC)N1CSCC[C@H](NC(=O)OCc2ccccc2)C1=O. The van der Waals surface area contributed by atoms with Gasteiger partial charge in [-0.05, 0) is 24.2 Å². The quantitative estimate of drug-likeness (QED) is 0.666. The zero-order valence-corrected chi connectivity index (χ0v) is 17.2. The van der Waals surface area contributed by atoms with Crippen molar-refractivity contribution in [3.63, 3.8) is 0 Å². The molecule has 1 aromatic carbocycles. The van der Waals surface area contributed by atoms with Crippen molar-refractivity contribution >= 4 is 29.7 Å². The van der Waals surface area contributed by atoms with E-state index in [1.165, 1.54) is 12.0 Å². The number of nitrogens with zero attached hydrogens (tertiary/aromatic N) is 1. The highest BCUT2D eigenvalue weighted by Crippen LogP contribution is 2.21. The summed E-state index contributed by atoms with van der Waals surface area (Å²) in [5.41, 5.74) is 0.868. The van der Waals surface area contributed by atoms with Crippen molar-refractivity contribution in [3.8, 4) is 0 Å². The summed E-state index contributed by atoms with van der Waals surface area (Å²) in [4.78, 5) is 38.9. The van der Waals surface area contributed by atoms with Crippen LogP contribution >= 0.6 is 11.8 Å². The number of unbranched alkanes of at least 4 members (excludes halogenated alkanes) is 1. The number of thioether (sulfide) groups is 1. The first kappa shape index (κ1) is 22.1. The van der Waals surface area contributed by atoms with E-state index in [2.05, 4.69) is 5.32 Å². The van der Waals surface area contributed by atoms with Gasteiger partial charge in [0.15, 0.2) is 0 Å². The Balaban J connectivity index is 2.00. The molecule has 0 saturated carbocycles. The number of amides is 2. The second kappa shape index (κ2) is 11.6. The van der Waals surface area contributed by atoms with Gasteiger partial charge in [-0.2, -0.15) is 0 Å². The molecule has 1 aromatic rings. The Kier molecular flexibility index (Phi) is 9.13. The highest BCUT2D eigenvalue weighted by Gasteiger charge is 2.36. The molecule has 1 aliphatic heterocycles. The van der Waals surface area contributed by atoms with Gasteiger partial charge in [-0.1, -0.05) is 50.1 Å². The summed E-state index contributed by atoms with van der Waals surface area (Å²) in [5, 5.41) is 2.66. The molecule has 1 fully saturated rings. The van der Waals surface area contributed by atoms with Gasteiger partial charge in [0.2, 0.25) is 5.91 Å². The largest absolute Gasteiger partial charge is 0.467 e. The molecule has 0 aromatic heterocycles. The summed E-state index contributed by atoms with van der Waals surface area (Å²) in [6.45, 7) is 2.16. The molecule has 154 valence electrons. The van der Waals surface area contributed by atoms with Crippen LogP contribution in [0.2, 0.25) is 0 Å². The lowest BCUT2D eigenvalue weighted by Gasteiger charge is -2.30. The average molecular weight is 409 g/mol. The Morgan fingerprint density at radius 3 is 2.75 bits per heavy atom. The van der Waals surface area contributed by atoms with E-state index >= 15 is 0 Å². The molecule has 2 amide bonds. The predicted octanol–water partition coefficient (Wildman–Crippen LogP) is 2.94. The third-order valence-corrected chi connectivity index (χ3v) is 5.53. The van der Waals surface area contributed by atoms with E-state index in [-0.39, 0.29) is 12.5 Å². The maximum absolute atomic E-state index is 13.0. The molecule has 7 nitrogen and oxygen atoms in total. The van der Waals surface area contributed by atoms with Gasteiger partial charge >= 0.3 is 12.1 Å². The van der Waals surface area contributed by atoms with Crippen LogP contribution in [-0.2, 0) is 25.7 Å². The van der Waals surface area contributed by atoms with Crippen molar-refractivity contribution in [3.05, 3.63) is 35.9 Å². The van der Waals surface area contributed by atoms with Gasteiger partial charge in [-0.25, -0.2) is 9.59 Å². The number of nitrogens with one attached hydrogen (secondary N) is 1. The van der Waals surface area contributed by atoms with Gasteiger partial charge in [-0.15, -0.1) is 11.8 Å². The summed E-state index contributed by atoms with van der Waals surface area (Å²) in [7, 11) is 1.33. The van der Waals surface area contributed by atoms with Crippen LogP contribution in [0.3, 0.4) is 0 Å². The van der Waals surface area contributed by atoms with Crippen LogP contribution in [0.25, 0.3) is 0 Å². The van der Waals surface area contributed by atoms with Crippen LogP contribution in [-0.4, -0.2) is 53.7 Å². The molecule has 0 bridgehead atoms. The molecular weight excluding hydrogens is 380 g/mol. The monoisotopic (exact) mass is 408 g/mol. The second-order valence-electron chi connectivity index (χ2n) is 6.57. The third-order valence-electron chi connectivity index (χ3n) is 4.55. The minimum Gasteiger partial charge on any atom is -0.467 e. The lowest BCUT2D eigenvalue weighted by molar-refractivity contribution is -0.153. The molecule has 28 heavy (non-hydrogen) atoms. The summed E-state index contributed by atoms with van der Waals surface area (Å²) < 4.78 is 10.1. The number of alkyl carbamates (subject to hydrolysis) is 1. The summed E-state index contributed by atoms with van der Waals surface area (Å²) in [5.74, 6) is 0.412. The normalized spacial score (nSPS) is 18.1. The van der Waals surface area contributed by atoms with Crippen molar-refractivity contribution in [2.75, 3.05) is 18.7 Å². The number of rotatable bonds is 8. The van der Waals surface area contributed by atoms with Crippen molar-refractivity contribution in [2.24, 2.45) is 0 Å². The fourth-order valence-corrected chi connectivity index (χ4v) is 4.01. The first-order chi connectivity index (χ1) is 13.6. The molecule has 2 rings (SSSR count). The highest BCUT2D eigenvalue weighted by atomic mass is 32.2. The molecule has 2 atom stereocenters. The Morgan fingerprint density at radius 2 is 2.07 bits per heavy atom. The summed E-state index contributed by atoms with van der Waals surface area (Å²) >= 11 is 1.56. The van der Waals surface area contributed by atoms with Crippen LogP contribution in [0.4, 0.5) is 4.79 Å². The van der Waals surface area contributed by atoms with E-state index < -0.39 is 24.1 Å². The van der Waals surface area contributed by atoms with Gasteiger partial charge in [0.25, 0.3) is 0 Å². The van der Waals surface area contributed by atoms with Crippen LogP contribution in [0, 0.1) is 0 Å². The van der Waals surface area contributed by atoms with Gasteiger partial charge in [0.1, 0.15) is 18.7 Å². The predicted molar refractivity (Wildman–Crippen MR) is 108 cm³/mol. The van der Waals surface area contributed by atoms with E-state index in [4.69, 9.17) is 9.47 Å². The molecule has 0 spiro atoms. The van der Waals surface area contributed by atoms with Crippen molar-refractivity contribution in [1.29, 1.82) is 0 Å². The fourth-order valence-electron chi connectivity index (χ4n) is 2.97. The lowest BCUT2D eigenvalue weighted by atomic mass is 10.1. The topological polar surface area (TPSA) is 84.9 Å². The molecule has 1 aliphatic rings. The molecular formula is C20H28N2O5S. The van der Waals surface area contributed by atoms with Crippen molar-refractivity contribution in [1.82, 2.24) is 10.2 Å². The number of hydrogen-bond donors (Lipinski definition) is 1. The molecule has 1 heterocycles. The number of hydrogen-bond acceptors (Lipinski definition) is 6. The number of benzene rings is 1. The summed E-state index contributed by atoms with van der Waals surface area (Å²) in [6, 6.07) is 7.98. The second-order valence-corrected chi connectivity index (χ2v) is 7.65. The Hall–Kier alpha value is -2.22. The van der Waals surface area contributed by atoms with Gasteiger partial charge in [0, 0.05) is 0 Å². The van der Waals surface area contributed by atoms with Crippen LogP contribution < -0.4 is 5.32 Å². The van der Waals surface area contributed by atoms with Gasteiger partial charge in [0.05, 0.1) is 13.0 Å². The average Bonchev–Trinajstić information content (AvgIpc) is 2.89. The molecule has 8 heteroatoms. The smallest absolute Gasteiger partial charge is 0.408 e. The maximum Gasteiger partial charge on any atom is 0.408 e. The number of carbonyl (C=O) groups is 3. The molecule has 1 saturated heterocycles. The van der Waals surface area contributed by atoms with E-state index in [1.54, 1.807) is 11.8 Å². The maximum atomic E-state index is 13.0. The van der Waals surface area contributed by atoms with E-state index in [0.717, 1.165) is 18.4 Å². The van der Waals surface area contributed by atoms with Crippen LogP contribution in [0.5, 0.6) is 0 Å². The van der Waals surface area contributed by atoms with Crippen molar-refractivity contribution < 1.29 is 23.9 Å². The Bertz CT molecular complexity index is 655. The number of methoxy groups -OCH3 is 1. The molecule has 0 radical (unpaired) electrons. The Morgan fingerprint density at radius 1 is 1.32 bits per heavy atom. The third kappa shape index (κ3) is 6.44. The highest BCUT2D eigenvalue weighted by molar-refractivity contribution is 7.99. The molecule has 1 N–H and O–H groups in total. The van der Waals surface area contributed by atoms with E-state index in [9.17, 15) is 14.4 Å². The van der Waals surface area contributed by atoms with Crippen molar-refractivity contribution in [2.45, 2.75) is 51.3 Å². The van der Waals surface area contributed by atoms with Gasteiger partial charge in [-0.3, -0.25) is 4.79 Å². The van der Waals surface area contributed by atoms with E-state index in [1.807, 2.05) is 37.3 Å². The summed E-state index contributed by atoms with van der Waals surface area (Å²) in [6.07, 6.45) is 2.11. The molecule has 0 aliphatic carbocycles. The zero-order valence-electron chi connectivity index (χ0n) is 16.4. The van der Waals surface area contributed by atoms with Gasteiger partial charge < -0.3 is 19.7 Å².